The average Bonchev–Trinajstić information content (AvgIpc) is 3.16. The molecule has 1 saturated heterocycles. The Bertz CT molecular complexity index is 818. The molecule has 2 N–H and O–H groups in total. The molecule has 0 aliphatic carbocycles. The van der Waals surface area contributed by atoms with Crippen molar-refractivity contribution in [2.45, 2.75) is 19.8 Å². The van der Waals surface area contributed by atoms with Crippen molar-refractivity contribution in [1.29, 1.82) is 0 Å². The lowest BCUT2D eigenvalue weighted by Gasteiger charge is -2.36. The second-order valence-corrected chi connectivity index (χ2v) is 7.77. The summed E-state index contributed by atoms with van der Waals surface area (Å²) in [5.41, 5.74) is 0.929. The lowest BCUT2D eigenvalue weighted by molar-refractivity contribution is -0.115. The van der Waals surface area contributed by atoms with Crippen LogP contribution in [-0.2, 0) is 4.79 Å². The predicted octanol–water partition coefficient (Wildman–Crippen LogP) is 2.27. The highest BCUT2D eigenvalue weighted by Gasteiger charge is 2.21. The zero-order valence-electron chi connectivity index (χ0n) is 15.8. The number of nitrogens with one attached hydrogen (secondary N) is 2. The van der Waals surface area contributed by atoms with Crippen LogP contribution in [0.2, 0.25) is 0 Å². The second-order valence-electron chi connectivity index (χ2n) is 6.76. The molecule has 1 aliphatic heterocycles. The molecule has 1 aromatic carbocycles. The number of hydrogen-bond acceptors (Lipinski definition) is 6. The molecule has 2 aromatic rings. The van der Waals surface area contributed by atoms with Crippen molar-refractivity contribution in [3.8, 4) is 0 Å². The second kappa shape index (κ2) is 8.96. The van der Waals surface area contributed by atoms with E-state index in [4.69, 9.17) is 0 Å². The zero-order valence-corrected chi connectivity index (χ0v) is 16.6. The fourth-order valence-electron chi connectivity index (χ4n) is 2.77. The Hall–Kier alpha value is -2.75. The highest BCUT2D eigenvalue weighted by molar-refractivity contribution is 7.15. The fraction of sp³-hybridized carbons (Fsp3) is 0.444. The van der Waals surface area contributed by atoms with Crippen LogP contribution in [0.1, 0.15) is 24.8 Å². The van der Waals surface area contributed by atoms with E-state index in [0.717, 1.165) is 10.7 Å². The standard InChI is InChI=1S/C18H23FN6O2S/c1-12(2)16-22-23-17(28-16)21-15(26)11-20-18(27)25-9-7-24(8-10-25)14-5-3-13(19)4-6-14/h3-6,12H,7-11H2,1-2H3,(H,20,27)(H,21,23,26). The first-order chi connectivity index (χ1) is 13.4. The van der Waals surface area contributed by atoms with Gasteiger partial charge in [0, 0.05) is 37.8 Å². The number of amides is 3. The third-order valence-electron chi connectivity index (χ3n) is 4.34. The lowest BCUT2D eigenvalue weighted by atomic mass is 10.2. The molecule has 0 bridgehead atoms. The van der Waals surface area contributed by atoms with Crippen LogP contribution in [0.25, 0.3) is 0 Å². The number of hydrogen-bond donors (Lipinski definition) is 2. The van der Waals surface area contributed by atoms with Gasteiger partial charge in [-0.2, -0.15) is 0 Å². The molecular weight excluding hydrogens is 383 g/mol. The Morgan fingerprint density at radius 3 is 2.43 bits per heavy atom. The van der Waals surface area contributed by atoms with Crippen LogP contribution in [0, 0.1) is 5.82 Å². The number of piperazine rings is 1. The lowest BCUT2D eigenvalue weighted by Crippen LogP contribution is -2.52. The summed E-state index contributed by atoms with van der Waals surface area (Å²) in [5, 5.41) is 14.5. The van der Waals surface area contributed by atoms with Crippen LogP contribution in [0.15, 0.2) is 24.3 Å². The van der Waals surface area contributed by atoms with Crippen molar-refractivity contribution in [2.75, 3.05) is 42.9 Å². The molecule has 0 spiro atoms. The van der Waals surface area contributed by atoms with Crippen molar-refractivity contribution in [3.05, 3.63) is 35.1 Å². The van der Waals surface area contributed by atoms with Gasteiger partial charge in [-0.1, -0.05) is 25.2 Å². The molecule has 1 aromatic heterocycles. The Kier molecular flexibility index (Phi) is 6.40. The molecule has 2 heterocycles. The minimum atomic E-state index is -0.343. The van der Waals surface area contributed by atoms with Gasteiger partial charge in [0.05, 0.1) is 6.54 Å². The number of urea groups is 1. The molecule has 3 amide bonds. The number of halogens is 1. The molecule has 0 radical (unpaired) electrons. The monoisotopic (exact) mass is 406 g/mol. The molecule has 0 atom stereocenters. The van der Waals surface area contributed by atoms with Gasteiger partial charge in [-0.25, -0.2) is 9.18 Å². The van der Waals surface area contributed by atoms with E-state index in [2.05, 4.69) is 25.7 Å². The molecule has 0 saturated carbocycles. The molecule has 0 unspecified atom stereocenters. The molecule has 8 nitrogen and oxygen atoms in total. The van der Waals surface area contributed by atoms with E-state index >= 15 is 0 Å². The Morgan fingerprint density at radius 1 is 1.14 bits per heavy atom. The van der Waals surface area contributed by atoms with E-state index < -0.39 is 0 Å². The van der Waals surface area contributed by atoms with Crippen molar-refractivity contribution < 1.29 is 14.0 Å². The maximum atomic E-state index is 13.0. The normalized spacial score (nSPS) is 14.3. The van der Waals surface area contributed by atoms with E-state index in [1.807, 2.05) is 13.8 Å². The number of carbonyl (C=O) groups is 2. The van der Waals surface area contributed by atoms with Gasteiger partial charge in [-0.05, 0) is 24.3 Å². The van der Waals surface area contributed by atoms with E-state index in [1.165, 1.54) is 23.5 Å². The molecule has 3 rings (SSSR count). The van der Waals surface area contributed by atoms with E-state index in [1.54, 1.807) is 17.0 Å². The van der Waals surface area contributed by atoms with Crippen molar-refractivity contribution >= 4 is 34.1 Å². The largest absolute Gasteiger partial charge is 0.368 e. The topological polar surface area (TPSA) is 90.5 Å². The number of aromatic nitrogens is 2. The summed E-state index contributed by atoms with van der Waals surface area (Å²) in [6.07, 6.45) is 0. The minimum absolute atomic E-state index is 0.131. The minimum Gasteiger partial charge on any atom is -0.368 e. The van der Waals surface area contributed by atoms with E-state index in [-0.39, 0.29) is 30.2 Å². The Balaban J connectivity index is 1.41. The van der Waals surface area contributed by atoms with Crippen LogP contribution in [-0.4, -0.2) is 59.8 Å². The van der Waals surface area contributed by atoms with Gasteiger partial charge < -0.3 is 15.1 Å². The summed E-state index contributed by atoms with van der Waals surface area (Å²) in [6, 6.07) is 6.03. The number of rotatable bonds is 5. The molecular formula is C18H23FN6O2S. The molecule has 10 heteroatoms. The number of nitrogens with zero attached hydrogens (tertiary/aromatic N) is 4. The van der Waals surface area contributed by atoms with Gasteiger partial charge in [0.15, 0.2) is 0 Å². The quantitative estimate of drug-likeness (QED) is 0.795. The SMILES string of the molecule is CC(C)c1nnc(NC(=O)CNC(=O)N2CCN(c3ccc(F)cc3)CC2)s1. The summed E-state index contributed by atoms with van der Waals surface area (Å²) < 4.78 is 13.0. The zero-order chi connectivity index (χ0) is 20.1. The smallest absolute Gasteiger partial charge is 0.317 e. The van der Waals surface area contributed by atoms with Gasteiger partial charge in [-0.3, -0.25) is 10.1 Å². The Morgan fingerprint density at radius 2 is 1.82 bits per heavy atom. The summed E-state index contributed by atoms with van der Waals surface area (Å²) in [7, 11) is 0. The van der Waals surface area contributed by atoms with Gasteiger partial charge in [0.25, 0.3) is 0 Å². The van der Waals surface area contributed by atoms with Gasteiger partial charge in [0.1, 0.15) is 10.8 Å². The summed E-state index contributed by atoms with van der Waals surface area (Å²) in [4.78, 5) is 28.0. The summed E-state index contributed by atoms with van der Waals surface area (Å²) >= 11 is 1.32. The first-order valence-electron chi connectivity index (χ1n) is 9.09. The van der Waals surface area contributed by atoms with Crippen molar-refractivity contribution in [3.63, 3.8) is 0 Å². The summed E-state index contributed by atoms with van der Waals surface area (Å²) in [5.74, 6) is -0.366. The maximum Gasteiger partial charge on any atom is 0.317 e. The molecule has 150 valence electrons. The van der Waals surface area contributed by atoms with Crippen LogP contribution in [0.5, 0.6) is 0 Å². The van der Waals surface area contributed by atoms with Crippen molar-refractivity contribution in [1.82, 2.24) is 20.4 Å². The predicted molar refractivity (Wildman–Crippen MR) is 106 cm³/mol. The number of carbonyl (C=O) groups excluding carboxylic acids is 2. The van der Waals surface area contributed by atoms with Gasteiger partial charge >= 0.3 is 6.03 Å². The van der Waals surface area contributed by atoms with Crippen LogP contribution >= 0.6 is 11.3 Å². The molecule has 28 heavy (non-hydrogen) atoms. The van der Waals surface area contributed by atoms with Gasteiger partial charge in [-0.15, -0.1) is 10.2 Å². The first kappa shape index (κ1) is 20.0. The van der Waals surface area contributed by atoms with Crippen LogP contribution in [0.4, 0.5) is 20.0 Å². The Labute approximate surface area is 166 Å². The highest BCUT2D eigenvalue weighted by atomic mass is 32.1. The third-order valence-corrected chi connectivity index (χ3v) is 5.48. The highest BCUT2D eigenvalue weighted by Crippen LogP contribution is 2.22. The van der Waals surface area contributed by atoms with Crippen LogP contribution < -0.4 is 15.5 Å². The van der Waals surface area contributed by atoms with Crippen molar-refractivity contribution in [2.24, 2.45) is 0 Å². The van der Waals surface area contributed by atoms with Crippen LogP contribution in [0.3, 0.4) is 0 Å². The number of anilines is 2. The maximum absolute atomic E-state index is 13.0. The molecule has 1 aliphatic rings. The molecule has 1 fully saturated rings. The first-order valence-corrected chi connectivity index (χ1v) is 9.90. The third kappa shape index (κ3) is 5.16. The summed E-state index contributed by atoms with van der Waals surface area (Å²) in [6.45, 7) is 6.22. The average molecular weight is 406 g/mol. The van der Waals surface area contributed by atoms with E-state index in [9.17, 15) is 14.0 Å². The van der Waals surface area contributed by atoms with E-state index in [0.29, 0.717) is 31.3 Å². The number of benzene rings is 1. The van der Waals surface area contributed by atoms with Gasteiger partial charge in [0.2, 0.25) is 11.0 Å². The fourth-order valence-corrected chi connectivity index (χ4v) is 3.53.